The largest absolute Gasteiger partial charge is 0.375 e. The average molecular weight is 175 g/mol. The molecule has 1 fully saturated rings. The summed E-state index contributed by atoms with van der Waals surface area (Å²) in [6, 6.07) is 0. The van der Waals surface area contributed by atoms with Crippen LogP contribution in [0.3, 0.4) is 0 Å². The highest BCUT2D eigenvalue weighted by Gasteiger charge is 2.31. The van der Waals surface area contributed by atoms with Gasteiger partial charge in [0.05, 0.1) is 12.7 Å². The van der Waals surface area contributed by atoms with Gasteiger partial charge in [-0.2, -0.15) is 0 Å². The molecule has 1 heterocycles. The van der Waals surface area contributed by atoms with Crippen molar-refractivity contribution in [2.45, 2.75) is 38.5 Å². The van der Waals surface area contributed by atoms with Gasteiger partial charge in [-0.25, -0.2) is 4.39 Å². The molecule has 1 aliphatic rings. The fraction of sp³-hybridized carbons (Fsp3) is 1.00. The van der Waals surface area contributed by atoms with Crippen molar-refractivity contribution in [2.24, 2.45) is 0 Å². The molecule has 1 N–H and O–H groups in total. The topological polar surface area (TPSA) is 21.3 Å². The Bertz CT molecular complexity index is 132. The van der Waals surface area contributed by atoms with Crippen molar-refractivity contribution in [1.29, 1.82) is 0 Å². The molecule has 0 aliphatic carbocycles. The first kappa shape index (κ1) is 9.93. The van der Waals surface area contributed by atoms with Crippen LogP contribution in [0, 0.1) is 0 Å². The lowest BCUT2D eigenvalue weighted by Crippen LogP contribution is -2.42. The molecule has 3 heteroatoms. The van der Waals surface area contributed by atoms with Gasteiger partial charge in [-0.1, -0.05) is 0 Å². The van der Waals surface area contributed by atoms with E-state index in [1.807, 2.05) is 13.8 Å². The van der Waals surface area contributed by atoms with Crippen LogP contribution in [0.4, 0.5) is 4.39 Å². The molecule has 0 atom stereocenters. The molecule has 0 amide bonds. The molecule has 0 spiro atoms. The number of halogens is 1. The molecule has 1 aliphatic heterocycles. The molecule has 0 aromatic heterocycles. The molecule has 0 unspecified atom stereocenters. The quantitative estimate of drug-likeness (QED) is 0.702. The second-order valence-electron chi connectivity index (χ2n) is 3.76. The Morgan fingerprint density at radius 3 is 2.50 bits per heavy atom. The van der Waals surface area contributed by atoms with Crippen molar-refractivity contribution in [2.75, 3.05) is 19.7 Å². The van der Waals surface area contributed by atoms with Gasteiger partial charge in [0.15, 0.2) is 0 Å². The lowest BCUT2D eigenvalue weighted by atomic mass is 9.95. The number of rotatable bonds is 3. The fourth-order valence-corrected chi connectivity index (χ4v) is 1.34. The van der Waals surface area contributed by atoms with Gasteiger partial charge in [-0.05, 0) is 39.8 Å². The molecule has 2 nitrogen and oxygen atoms in total. The number of piperidine rings is 1. The first-order chi connectivity index (χ1) is 5.62. The summed E-state index contributed by atoms with van der Waals surface area (Å²) in [7, 11) is 0. The normalized spacial score (nSPS) is 23.0. The van der Waals surface area contributed by atoms with Gasteiger partial charge >= 0.3 is 0 Å². The predicted molar refractivity (Wildman–Crippen MR) is 47.0 cm³/mol. The standard InChI is InChI=1S/C9H18FNO/c1-8(2)12-7-9(10)3-5-11-6-4-9/h8,11H,3-7H2,1-2H3. The third kappa shape index (κ3) is 3.07. The Hall–Kier alpha value is -0.150. The number of ether oxygens (including phenoxy) is 1. The van der Waals surface area contributed by atoms with Crippen molar-refractivity contribution in [3.63, 3.8) is 0 Å². The SMILES string of the molecule is CC(C)OCC1(F)CCNCC1. The predicted octanol–water partition coefficient (Wildman–Crippen LogP) is 1.50. The van der Waals surface area contributed by atoms with Crippen molar-refractivity contribution in [1.82, 2.24) is 5.32 Å². The van der Waals surface area contributed by atoms with Crippen LogP contribution in [0.25, 0.3) is 0 Å². The van der Waals surface area contributed by atoms with E-state index in [0.29, 0.717) is 12.8 Å². The number of hydrogen-bond acceptors (Lipinski definition) is 2. The fourth-order valence-electron chi connectivity index (χ4n) is 1.34. The lowest BCUT2D eigenvalue weighted by molar-refractivity contribution is -0.0285. The van der Waals surface area contributed by atoms with E-state index in [1.165, 1.54) is 0 Å². The first-order valence-corrected chi connectivity index (χ1v) is 4.64. The van der Waals surface area contributed by atoms with Crippen molar-refractivity contribution in [3.05, 3.63) is 0 Å². The molecular formula is C9H18FNO. The van der Waals surface area contributed by atoms with Gasteiger partial charge in [-0.15, -0.1) is 0 Å². The summed E-state index contributed by atoms with van der Waals surface area (Å²) in [5, 5.41) is 3.13. The summed E-state index contributed by atoms with van der Waals surface area (Å²) in [6.07, 6.45) is 1.30. The molecule has 0 radical (unpaired) electrons. The highest BCUT2D eigenvalue weighted by atomic mass is 19.1. The van der Waals surface area contributed by atoms with Gasteiger partial charge in [0.1, 0.15) is 5.67 Å². The zero-order valence-electron chi connectivity index (χ0n) is 7.90. The van der Waals surface area contributed by atoms with Crippen LogP contribution >= 0.6 is 0 Å². The van der Waals surface area contributed by atoms with Crippen LogP contribution in [0.5, 0.6) is 0 Å². The van der Waals surface area contributed by atoms with E-state index in [-0.39, 0.29) is 12.7 Å². The number of hydrogen-bond donors (Lipinski definition) is 1. The molecule has 1 rings (SSSR count). The second kappa shape index (κ2) is 4.19. The minimum absolute atomic E-state index is 0.132. The zero-order valence-corrected chi connectivity index (χ0v) is 7.90. The van der Waals surface area contributed by atoms with Crippen molar-refractivity contribution >= 4 is 0 Å². The van der Waals surface area contributed by atoms with Crippen LogP contribution in [0.2, 0.25) is 0 Å². The van der Waals surface area contributed by atoms with Crippen molar-refractivity contribution < 1.29 is 9.13 Å². The van der Waals surface area contributed by atoms with E-state index in [4.69, 9.17) is 4.74 Å². The summed E-state index contributed by atoms with van der Waals surface area (Å²) in [5.41, 5.74) is -1.07. The van der Waals surface area contributed by atoms with E-state index in [2.05, 4.69) is 5.32 Å². The molecular weight excluding hydrogens is 157 g/mol. The maximum absolute atomic E-state index is 13.8. The highest BCUT2D eigenvalue weighted by molar-refractivity contribution is 4.84. The van der Waals surface area contributed by atoms with Gasteiger partial charge in [-0.3, -0.25) is 0 Å². The van der Waals surface area contributed by atoms with E-state index < -0.39 is 5.67 Å². The van der Waals surface area contributed by atoms with Gasteiger partial charge in [0.25, 0.3) is 0 Å². The van der Waals surface area contributed by atoms with E-state index >= 15 is 0 Å². The molecule has 0 aromatic rings. The van der Waals surface area contributed by atoms with Crippen molar-refractivity contribution in [3.8, 4) is 0 Å². The molecule has 72 valence electrons. The second-order valence-corrected chi connectivity index (χ2v) is 3.76. The molecule has 12 heavy (non-hydrogen) atoms. The van der Waals surface area contributed by atoms with E-state index in [9.17, 15) is 4.39 Å². The van der Waals surface area contributed by atoms with Gasteiger partial charge < -0.3 is 10.1 Å². The number of nitrogens with one attached hydrogen (secondary N) is 1. The summed E-state index contributed by atoms with van der Waals surface area (Å²) in [6.45, 7) is 5.68. The molecule has 0 saturated carbocycles. The summed E-state index contributed by atoms with van der Waals surface area (Å²) in [5.74, 6) is 0. The molecule has 0 aromatic carbocycles. The third-order valence-electron chi connectivity index (χ3n) is 2.17. The maximum atomic E-state index is 13.8. The summed E-state index contributed by atoms with van der Waals surface area (Å²) < 4.78 is 19.0. The van der Waals surface area contributed by atoms with Crippen LogP contribution < -0.4 is 5.32 Å². The summed E-state index contributed by atoms with van der Waals surface area (Å²) >= 11 is 0. The van der Waals surface area contributed by atoms with Gasteiger partial charge in [0, 0.05) is 0 Å². The van der Waals surface area contributed by atoms with Crippen LogP contribution in [-0.4, -0.2) is 31.5 Å². The molecule has 1 saturated heterocycles. The Labute approximate surface area is 73.5 Å². The zero-order chi connectivity index (χ0) is 9.03. The summed E-state index contributed by atoms with van der Waals surface area (Å²) in [4.78, 5) is 0. The van der Waals surface area contributed by atoms with E-state index in [1.54, 1.807) is 0 Å². The minimum Gasteiger partial charge on any atom is -0.375 e. The maximum Gasteiger partial charge on any atom is 0.136 e. The van der Waals surface area contributed by atoms with Crippen LogP contribution in [-0.2, 0) is 4.74 Å². The lowest BCUT2D eigenvalue weighted by Gasteiger charge is -2.30. The first-order valence-electron chi connectivity index (χ1n) is 4.64. The average Bonchev–Trinajstić information content (AvgIpc) is 2.03. The number of alkyl halides is 1. The molecule has 0 bridgehead atoms. The highest BCUT2D eigenvalue weighted by Crippen LogP contribution is 2.23. The van der Waals surface area contributed by atoms with E-state index in [0.717, 1.165) is 13.1 Å². The van der Waals surface area contributed by atoms with Crippen LogP contribution in [0.1, 0.15) is 26.7 Å². The van der Waals surface area contributed by atoms with Crippen LogP contribution in [0.15, 0.2) is 0 Å². The smallest absolute Gasteiger partial charge is 0.136 e. The Kier molecular flexibility index (Phi) is 3.47. The monoisotopic (exact) mass is 175 g/mol. The Balaban J connectivity index is 2.26. The van der Waals surface area contributed by atoms with Gasteiger partial charge in [0.2, 0.25) is 0 Å². The Morgan fingerprint density at radius 1 is 1.42 bits per heavy atom. The Morgan fingerprint density at radius 2 is 2.00 bits per heavy atom. The third-order valence-corrected chi connectivity index (χ3v) is 2.17. The minimum atomic E-state index is -1.07.